The van der Waals surface area contributed by atoms with Crippen LogP contribution in [0.1, 0.15) is 10.4 Å². The average Bonchev–Trinajstić information content (AvgIpc) is 2.37. The molecule has 0 amide bonds. The van der Waals surface area contributed by atoms with Crippen molar-refractivity contribution in [2.24, 2.45) is 0 Å². The highest BCUT2D eigenvalue weighted by Crippen LogP contribution is 2.28. The van der Waals surface area contributed by atoms with Crippen molar-refractivity contribution in [2.45, 2.75) is 5.37 Å². The summed E-state index contributed by atoms with van der Waals surface area (Å²) in [6, 6.07) is 7.12. The second-order valence-electron chi connectivity index (χ2n) is 4.23. The van der Waals surface area contributed by atoms with Crippen molar-refractivity contribution in [1.82, 2.24) is 0 Å². The number of thioether (sulfide) groups is 1. The summed E-state index contributed by atoms with van der Waals surface area (Å²) in [5.74, 6) is 1.42. The third-order valence-corrected chi connectivity index (χ3v) is 5.60. The number of hydrogen-bond donors (Lipinski definition) is 0. The molecule has 1 saturated heterocycles. The molecule has 1 aromatic carbocycles. The number of rotatable bonds is 3. The van der Waals surface area contributed by atoms with Gasteiger partial charge >= 0.3 is 0 Å². The molecule has 1 fully saturated rings. The van der Waals surface area contributed by atoms with Crippen molar-refractivity contribution in [3.63, 3.8) is 0 Å². The Morgan fingerprint density at radius 1 is 1.39 bits per heavy atom. The van der Waals surface area contributed by atoms with E-state index in [1.807, 2.05) is 11.0 Å². The minimum atomic E-state index is -3.16. The van der Waals surface area contributed by atoms with Crippen molar-refractivity contribution in [1.29, 1.82) is 0 Å². The van der Waals surface area contributed by atoms with E-state index in [1.54, 1.807) is 30.0 Å². The molecular weight excluding hydrogens is 270 g/mol. The maximum Gasteiger partial charge on any atom is 0.169 e. The van der Waals surface area contributed by atoms with Gasteiger partial charge in [-0.15, -0.1) is 0 Å². The Bertz CT molecular complexity index is 542. The van der Waals surface area contributed by atoms with E-state index in [-0.39, 0.29) is 0 Å². The molecule has 1 aliphatic heterocycles. The van der Waals surface area contributed by atoms with Gasteiger partial charge in [-0.3, -0.25) is 4.79 Å². The fourth-order valence-electron chi connectivity index (χ4n) is 2.06. The Labute approximate surface area is 111 Å². The van der Waals surface area contributed by atoms with Crippen LogP contribution < -0.4 is 4.90 Å². The van der Waals surface area contributed by atoms with Crippen molar-refractivity contribution >= 4 is 33.6 Å². The molecule has 1 atom stereocenters. The maximum absolute atomic E-state index is 11.8. The van der Waals surface area contributed by atoms with Gasteiger partial charge in [0.1, 0.15) is 5.37 Å². The molecule has 0 aliphatic carbocycles. The molecule has 18 heavy (non-hydrogen) atoms. The number of benzene rings is 1. The Morgan fingerprint density at radius 3 is 2.78 bits per heavy atom. The number of aldehydes is 1. The number of anilines is 1. The van der Waals surface area contributed by atoms with Gasteiger partial charge in [0.15, 0.2) is 16.1 Å². The lowest BCUT2D eigenvalue weighted by Crippen LogP contribution is -2.47. The molecule has 0 spiro atoms. The summed E-state index contributed by atoms with van der Waals surface area (Å²) in [7, 11) is -3.16. The third-order valence-electron chi connectivity index (χ3n) is 2.95. The zero-order chi connectivity index (χ0) is 13.2. The van der Waals surface area contributed by atoms with Crippen LogP contribution in [0.15, 0.2) is 24.3 Å². The Morgan fingerprint density at radius 2 is 2.11 bits per heavy atom. The Balaban J connectivity index is 2.43. The average molecular weight is 285 g/mol. The van der Waals surface area contributed by atoms with Gasteiger partial charge in [-0.1, -0.05) is 12.1 Å². The molecule has 0 bridgehead atoms. The van der Waals surface area contributed by atoms with Crippen LogP contribution >= 0.6 is 11.8 Å². The maximum atomic E-state index is 11.8. The molecule has 0 saturated carbocycles. The SMILES string of the molecule is CS(=O)(=O)C1CSCCN1c1ccccc1C=O. The fraction of sp³-hybridized carbons (Fsp3) is 0.417. The Kier molecular flexibility index (Phi) is 3.97. The topological polar surface area (TPSA) is 54.5 Å². The largest absolute Gasteiger partial charge is 0.353 e. The van der Waals surface area contributed by atoms with Gasteiger partial charge < -0.3 is 4.90 Å². The van der Waals surface area contributed by atoms with Crippen LogP contribution in [-0.2, 0) is 9.84 Å². The van der Waals surface area contributed by atoms with Crippen LogP contribution in [0.5, 0.6) is 0 Å². The molecule has 98 valence electrons. The lowest BCUT2D eigenvalue weighted by Gasteiger charge is -2.36. The molecule has 1 heterocycles. The zero-order valence-corrected chi connectivity index (χ0v) is 11.7. The van der Waals surface area contributed by atoms with E-state index in [0.29, 0.717) is 23.5 Å². The van der Waals surface area contributed by atoms with Crippen molar-refractivity contribution < 1.29 is 13.2 Å². The molecule has 4 nitrogen and oxygen atoms in total. The van der Waals surface area contributed by atoms with Crippen molar-refractivity contribution in [2.75, 3.05) is 29.2 Å². The fourth-order valence-corrected chi connectivity index (χ4v) is 4.89. The smallest absolute Gasteiger partial charge is 0.169 e. The summed E-state index contributed by atoms with van der Waals surface area (Å²) >= 11 is 1.63. The summed E-state index contributed by atoms with van der Waals surface area (Å²) in [5, 5.41) is -0.544. The summed E-state index contributed by atoms with van der Waals surface area (Å²) in [5.41, 5.74) is 1.25. The number of sulfone groups is 1. The highest BCUT2D eigenvalue weighted by molar-refractivity contribution is 8.01. The minimum absolute atomic E-state index is 0.540. The molecule has 1 aromatic rings. The van der Waals surface area contributed by atoms with E-state index in [1.165, 1.54) is 6.26 Å². The van der Waals surface area contributed by atoms with Gasteiger partial charge in [-0.25, -0.2) is 8.42 Å². The Hall–Kier alpha value is -1.01. The van der Waals surface area contributed by atoms with Crippen molar-refractivity contribution in [3.8, 4) is 0 Å². The number of carbonyl (C=O) groups excluding carboxylic acids is 1. The van der Waals surface area contributed by atoms with E-state index in [4.69, 9.17) is 0 Å². The van der Waals surface area contributed by atoms with E-state index in [0.717, 1.165) is 12.0 Å². The van der Waals surface area contributed by atoms with Crippen LogP contribution in [0.2, 0.25) is 0 Å². The first-order chi connectivity index (χ1) is 8.54. The monoisotopic (exact) mass is 285 g/mol. The van der Waals surface area contributed by atoms with Gasteiger partial charge in [0.2, 0.25) is 0 Å². The standard InChI is InChI=1S/C12H15NO3S2/c1-18(15,16)12-9-17-7-6-13(12)11-5-3-2-4-10(11)8-14/h2-5,8,12H,6-7,9H2,1H3. The summed E-state index contributed by atoms with van der Waals surface area (Å²) < 4.78 is 23.7. The lowest BCUT2D eigenvalue weighted by molar-refractivity contribution is 0.112. The molecular formula is C12H15NO3S2. The van der Waals surface area contributed by atoms with Gasteiger partial charge in [-0.05, 0) is 12.1 Å². The van der Waals surface area contributed by atoms with E-state index in [2.05, 4.69) is 0 Å². The van der Waals surface area contributed by atoms with Crippen molar-refractivity contribution in [3.05, 3.63) is 29.8 Å². The highest BCUT2D eigenvalue weighted by Gasteiger charge is 2.31. The third kappa shape index (κ3) is 2.70. The second kappa shape index (κ2) is 5.32. The molecule has 6 heteroatoms. The predicted molar refractivity (Wildman–Crippen MR) is 75.1 cm³/mol. The van der Waals surface area contributed by atoms with Crippen LogP contribution in [0, 0.1) is 0 Å². The number of carbonyl (C=O) groups is 1. The van der Waals surface area contributed by atoms with E-state index < -0.39 is 15.2 Å². The first-order valence-electron chi connectivity index (χ1n) is 5.61. The molecule has 2 rings (SSSR count). The van der Waals surface area contributed by atoms with Crippen LogP contribution in [0.3, 0.4) is 0 Å². The predicted octanol–water partition coefficient (Wildman–Crippen LogP) is 1.42. The normalized spacial score (nSPS) is 20.7. The van der Waals surface area contributed by atoms with Gasteiger partial charge in [0.25, 0.3) is 0 Å². The number of hydrogen-bond acceptors (Lipinski definition) is 5. The highest BCUT2D eigenvalue weighted by atomic mass is 32.2. The van der Waals surface area contributed by atoms with Crippen LogP contribution in [0.4, 0.5) is 5.69 Å². The van der Waals surface area contributed by atoms with E-state index >= 15 is 0 Å². The van der Waals surface area contributed by atoms with E-state index in [9.17, 15) is 13.2 Å². The summed E-state index contributed by atoms with van der Waals surface area (Å²) in [6.07, 6.45) is 2.02. The molecule has 1 aliphatic rings. The summed E-state index contributed by atoms with van der Waals surface area (Å²) in [6.45, 7) is 0.646. The van der Waals surface area contributed by atoms with Crippen LogP contribution in [0.25, 0.3) is 0 Å². The van der Waals surface area contributed by atoms with Crippen LogP contribution in [-0.4, -0.2) is 44.4 Å². The zero-order valence-electron chi connectivity index (χ0n) is 10.1. The molecule has 0 N–H and O–H groups in total. The lowest BCUT2D eigenvalue weighted by atomic mass is 10.1. The second-order valence-corrected chi connectivity index (χ2v) is 7.58. The number of nitrogens with zero attached hydrogens (tertiary/aromatic N) is 1. The molecule has 1 unspecified atom stereocenters. The summed E-state index contributed by atoms with van der Waals surface area (Å²) in [4.78, 5) is 12.9. The number of para-hydroxylation sites is 1. The van der Waals surface area contributed by atoms with Gasteiger partial charge in [0, 0.05) is 35.6 Å². The molecule has 0 aromatic heterocycles. The first-order valence-corrected chi connectivity index (χ1v) is 8.72. The quantitative estimate of drug-likeness (QED) is 0.786. The van der Waals surface area contributed by atoms with Gasteiger partial charge in [0.05, 0.1) is 0 Å². The van der Waals surface area contributed by atoms with Gasteiger partial charge in [-0.2, -0.15) is 11.8 Å². The minimum Gasteiger partial charge on any atom is -0.353 e. The molecule has 0 radical (unpaired) electrons. The first kappa shape index (κ1) is 13.4.